The van der Waals surface area contributed by atoms with Crippen LogP contribution in [0.25, 0.3) is 11.4 Å². The fourth-order valence-electron chi connectivity index (χ4n) is 3.90. The Labute approximate surface area is 170 Å². The third-order valence-corrected chi connectivity index (χ3v) is 5.58. The van der Waals surface area contributed by atoms with Gasteiger partial charge in [-0.1, -0.05) is 6.07 Å². The maximum absolute atomic E-state index is 12.9. The smallest absolute Gasteiger partial charge is 0.272 e. The van der Waals surface area contributed by atoms with Gasteiger partial charge in [0.25, 0.3) is 5.91 Å². The fraction of sp³-hybridized carbons (Fsp3) is 0.409. The number of piperidine rings is 1. The Morgan fingerprint density at radius 2 is 2.03 bits per heavy atom. The van der Waals surface area contributed by atoms with Crippen LogP contribution in [0.3, 0.4) is 0 Å². The molecule has 29 heavy (non-hydrogen) atoms. The van der Waals surface area contributed by atoms with Crippen molar-refractivity contribution in [2.24, 2.45) is 13.0 Å². The third kappa shape index (κ3) is 4.18. The molecule has 4 heterocycles. The van der Waals surface area contributed by atoms with Crippen molar-refractivity contribution in [1.82, 2.24) is 29.4 Å². The summed E-state index contributed by atoms with van der Waals surface area (Å²) in [5.74, 6) is 1.33. The SMILES string of the molecule is Cc1cccc(C(=O)N2CCC[C@H](Cc3cncc(-c4cnc(C)n4C)n3)C2)n1. The highest BCUT2D eigenvalue weighted by molar-refractivity contribution is 5.92. The molecule has 7 nitrogen and oxygen atoms in total. The highest BCUT2D eigenvalue weighted by Gasteiger charge is 2.26. The molecule has 1 amide bonds. The number of hydrogen-bond acceptors (Lipinski definition) is 5. The molecule has 1 saturated heterocycles. The van der Waals surface area contributed by atoms with E-state index in [1.54, 1.807) is 12.3 Å². The van der Waals surface area contributed by atoms with Gasteiger partial charge in [-0.2, -0.15) is 0 Å². The average Bonchev–Trinajstić information content (AvgIpc) is 3.06. The molecule has 0 aliphatic carbocycles. The molecule has 1 aliphatic heterocycles. The summed E-state index contributed by atoms with van der Waals surface area (Å²) in [5, 5.41) is 0. The number of likely N-dealkylation sites (tertiary alicyclic amines) is 1. The molecule has 0 aromatic carbocycles. The van der Waals surface area contributed by atoms with Crippen LogP contribution >= 0.6 is 0 Å². The van der Waals surface area contributed by atoms with Gasteiger partial charge in [0.15, 0.2) is 0 Å². The van der Waals surface area contributed by atoms with Crippen LogP contribution < -0.4 is 0 Å². The van der Waals surface area contributed by atoms with Crippen LogP contribution in [0, 0.1) is 19.8 Å². The summed E-state index contributed by atoms with van der Waals surface area (Å²) in [4.78, 5) is 32.7. The highest BCUT2D eigenvalue weighted by Crippen LogP contribution is 2.23. The van der Waals surface area contributed by atoms with E-state index < -0.39 is 0 Å². The summed E-state index contributed by atoms with van der Waals surface area (Å²) in [7, 11) is 1.98. The Morgan fingerprint density at radius 1 is 1.17 bits per heavy atom. The number of pyridine rings is 1. The minimum absolute atomic E-state index is 0.0172. The molecule has 150 valence electrons. The molecule has 0 bridgehead atoms. The largest absolute Gasteiger partial charge is 0.337 e. The molecular formula is C22H26N6O. The molecule has 4 rings (SSSR count). The molecule has 0 spiro atoms. The standard InChI is InChI=1S/C22H26N6O/c1-15-6-4-8-19(25-15)22(29)28-9-5-7-17(14-28)10-18-11-23-12-20(26-18)21-13-24-16(2)27(21)3/h4,6,8,11-13,17H,5,7,9-10,14H2,1-3H3/t17-/m1/s1. The first-order chi connectivity index (χ1) is 14.0. The molecule has 0 saturated carbocycles. The van der Waals surface area contributed by atoms with E-state index in [1.165, 1.54) is 0 Å². The lowest BCUT2D eigenvalue weighted by molar-refractivity contribution is 0.0666. The van der Waals surface area contributed by atoms with Crippen molar-refractivity contribution in [1.29, 1.82) is 0 Å². The van der Waals surface area contributed by atoms with Gasteiger partial charge in [0.05, 0.1) is 23.8 Å². The Morgan fingerprint density at radius 3 is 2.79 bits per heavy atom. The Balaban J connectivity index is 1.46. The number of carbonyl (C=O) groups is 1. The van der Waals surface area contributed by atoms with Crippen molar-refractivity contribution in [3.63, 3.8) is 0 Å². The van der Waals surface area contributed by atoms with Crippen molar-refractivity contribution in [2.45, 2.75) is 33.1 Å². The predicted octanol–water partition coefficient (Wildman–Crippen LogP) is 2.98. The summed E-state index contributed by atoms with van der Waals surface area (Å²) in [6, 6.07) is 5.59. The van der Waals surface area contributed by atoms with Crippen molar-refractivity contribution in [3.8, 4) is 11.4 Å². The van der Waals surface area contributed by atoms with Gasteiger partial charge in [-0.3, -0.25) is 9.78 Å². The maximum Gasteiger partial charge on any atom is 0.272 e. The maximum atomic E-state index is 12.9. The number of amides is 1. The van der Waals surface area contributed by atoms with Crippen LogP contribution in [0.15, 0.2) is 36.8 Å². The molecule has 3 aromatic heterocycles. The molecule has 1 aliphatic rings. The first kappa shape index (κ1) is 19.2. The number of aromatic nitrogens is 5. The van der Waals surface area contributed by atoms with Crippen LogP contribution in [0.1, 0.15) is 40.5 Å². The van der Waals surface area contributed by atoms with Gasteiger partial charge in [-0.15, -0.1) is 0 Å². The normalized spacial score (nSPS) is 16.8. The third-order valence-electron chi connectivity index (χ3n) is 5.58. The second kappa shape index (κ2) is 8.11. The minimum Gasteiger partial charge on any atom is -0.337 e. The number of aryl methyl sites for hydroxylation is 2. The van der Waals surface area contributed by atoms with Crippen molar-refractivity contribution < 1.29 is 4.79 Å². The van der Waals surface area contributed by atoms with Gasteiger partial charge in [0.2, 0.25) is 0 Å². The zero-order chi connectivity index (χ0) is 20.4. The van der Waals surface area contributed by atoms with E-state index in [0.717, 1.165) is 61.0 Å². The molecule has 1 atom stereocenters. The van der Waals surface area contributed by atoms with Crippen LogP contribution in [0.4, 0.5) is 0 Å². The van der Waals surface area contributed by atoms with Gasteiger partial charge in [0, 0.05) is 32.0 Å². The quantitative estimate of drug-likeness (QED) is 0.684. The van der Waals surface area contributed by atoms with Gasteiger partial charge in [0.1, 0.15) is 17.2 Å². The zero-order valence-corrected chi connectivity index (χ0v) is 17.2. The average molecular weight is 390 g/mol. The predicted molar refractivity (Wildman–Crippen MR) is 110 cm³/mol. The number of hydrogen-bond donors (Lipinski definition) is 0. The van der Waals surface area contributed by atoms with E-state index >= 15 is 0 Å². The molecular weight excluding hydrogens is 364 g/mol. The first-order valence-electron chi connectivity index (χ1n) is 10.0. The Kier molecular flexibility index (Phi) is 5.38. The molecule has 0 unspecified atom stereocenters. The first-order valence-corrected chi connectivity index (χ1v) is 10.0. The Hall–Kier alpha value is -3.09. The van der Waals surface area contributed by atoms with Gasteiger partial charge in [-0.05, 0) is 51.2 Å². The summed E-state index contributed by atoms with van der Waals surface area (Å²) in [6.45, 7) is 5.39. The molecule has 3 aromatic rings. The van der Waals surface area contributed by atoms with E-state index in [-0.39, 0.29) is 5.91 Å². The van der Waals surface area contributed by atoms with Gasteiger partial charge in [-0.25, -0.2) is 15.0 Å². The number of rotatable bonds is 4. The van der Waals surface area contributed by atoms with E-state index in [0.29, 0.717) is 11.6 Å². The van der Waals surface area contributed by atoms with E-state index in [9.17, 15) is 4.79 Å². The van der Waals surface area contributed by atoms with E-state index in [1.807, 2.05) is 54.9 Å². The highest BCUT2D eigenvalue weighted by atomic mass is 16.2. The molecule has 0 N–H and O–H groups in total. The summed E-state index contributed by atoms with van der Waals surface area (Å²) >= 11 is 0. The van der Waals surface area contributed by atoms with Crippen LogP contribution in [0.2, 0.25) is 0 Å². The second-order valence-corrected chi connectivity index (χ2v) is 7.77. The number of nitrogens with zero attached hydrogens (tertiary/aromatic N) is 6. The van der Waals surface area contributed by atoms with Gasteiger partial charge >= 0.3 is 0 Å². The minimum atomic E-state index is 0.0172. The number of imidazole rings is 1. The summed E-state index contributed by atoms with van der Waals surface area (Å²) in [5.41, 5.74) is 4.14. The fourth-order valence-corrected chi connectivity index (χ4v) is 3.90. The lowest BCUT2D eigenvalue weighted by Gasteiger charge is -2.32. The number of carbonyl (C=O) groups excluding carboxylic acids is 1. The summed E-state index contributed by atoms with van der Waals surface area (Å²) in [6.07, 6.45) is 8.33. The van der Waals surface area contributed by atoms with Crippen molar-refractivity contribution in [2.75, 3.05) is 13.1 Å². The Bertz CT molecular complexity index is 1030. The molecule has 0 radical (unpaired) electrons. The van der Waals surface area contributed by atoms with Crippen LogP contribution in [-0.2, 0) is 13.5 Å². The van der Waals surface area contributed by atoms with E-state index in [4.69, 9.17) is 4.98 Å². The topological polar surface area (TPSA) is 76.8 Å². The van der Waals surface area contributed by atoms with Gasteiger partial charge < -0.3 is 9.47 Å². The molecule has 7 heteroatoms. The van der Waals surface area contributed by atoms with E-state index in [2.05, 4.69) is 15.0 Å². The van der Waals surface area contributed by atoms with Crippen LogP contribution in [0.5, 0.6) is 0 Å². The summed E-state index contributed by atoms with van der Waals surface area (Å²) < 4.78 is 2.02. The van der Waals surface area contributed by atoms with Crippen molar-refractivity contribution in [3.05, 3.63) is 59.7 Å². The van der Waals surface area contributed by atoms with Crippen molar-refractivity contribution >= 4 is 5.91 Å². The second-order valence-electron chi connectivity index (χ2n) is 7.77. The lowest BCUT2D eigenvalue weighted by atomic mass is 9.93. The van der Waals surface area contributed by atoms with Crippen LogP contribution in [-0.4, -0.2) is 48.4 Å². The monoisotopic (exact) mass is 390 g/mol. The zero-order valence-electron chi connectivity index (χ0n) is 17.2. The lowest BCUT2D eigenvalue weighted by Crippen LogP contribution is -2.41. The molecule has 1 fully saturated rings.